The molecule has 8 heteroatoms. The topological polar surface area (TPSA) is 76.5 Å². The van der Waals surface area contributed by atoms with Gasteiger partial charge < -0.3 is 10.1 Å². The van der Waals surface area contributed by atoms with Crippen LogP contribution in [0.1, 0.15) is 68.7 Å². The molecule has 0 saturated carbocycles. The highest BCUT2D eigenvalue weighted by molar-refractivity contribution is 8.00. The molecule has 3 aromatic rings. The molecule has 2 aromatic carbocycles. The quantitative estimate of drug-likeness (QED) is 0.417. The van der Waals surface area contributed by atoms with E-state index in [1.807, 2.05) is 41.9 Å². The molecule has 0 saturated heterocycles. The molecule has 202 valence electrons. The van der Waals surface area contributed by atoms with E-state index in [0.29, 0.717) is 12.4 Å². The van der Waals surface area contributed by atoms with Gasteiger partial charge in [-0.15, -0.1) is 11.8 Å². The number of anilines is 1. The van der Waals surface area contributed by atoms with E-state index in [-0.39, 0.29) is 34.8 Å². The number of amides is 2. The van der Waals surface area contributed by atoms with E-state index < -0.39 is 0 Å². The number of fused-ring (bicyclic) bond motifs is 1. The molecule has 2 amide bonds. The number of aryl methyl sites for hydroxylation is 1. The van der Waals surface area contributed by atoms with Crippen molar-refractivity contribution in [1.82, 2.24) is 15.1 Å². The number of methoxy groups -OCH3 is 1. The lowest BCUT2D eigenvalue weighted by atomic mass is 9.87. The first-order chi connectivity index (χ1) is 18.2. The van der Waals surface area contributed by atoms with Crippen LogP contribution in [0.5, 0.6) is 5.75 Å². The molecule has 38 heavy (non-hydrogen) atoms. The predicted molar refractivity (Wildman–Crippen MR) is 155 cm³/mol. The van der Waals surface area contributed by atoms with Gasteiger partial charge >= 0.3 is 0 Å². The molecule has 1 atom stereocenters. The van der Waals surface area contributed by atoms with Gasteiger partial charge in [0.25, 0.3) is 0 Å². The highest BCUT2D eigenvalue weighted by Crippen LogP contribution is 2.48. The first-order valence-corrected chi connectivity index (χ1v) is 14.3. The zero-order valence-electron chi connectivity index (χ0n) is 23.2. The number of rotatable bonds is 8. The molecular weight excluding hydrogens is 496 g/mol. The second-order valence-electron chi connectivity index (χ2n) is 10.5. The number of aromatic nitrogens is 2. The highest BCUT2D eigenvalue weighted by Gasteiger charge is 2.40. The Labute approximate surface area is 229 Å². The largest absolute Gasteiger partial charge is 0.497 e. The minimum atomic E-state index is -0.300. The summed E-state index contributed by atoms with van der Waals surface area (Å²) in [5.41, 5.74) is 4.71. The van der Waals surface area contributed by atoms with E-state index in [0.717, 1.165) is 46.7 Å². The SMILES string of the molecule is CCCNC(=O)CN1C(=O)CS[C@@H](c2ccc(OC)cc2)c2c(C(C)(C)C)nn(-c3ccccc3CC)c21. The van der Waals surface area contributed by atoms with Crippen LogP contribution in [0.4, 0.5) is 5.82 Å². The third-order valence-electron chi connectivity index (χ3n) is 6.69. The van der Waals surface area contributed by atoms with Crippen LogP contribution in [0, 0.1) is 0 Å². The van der Waals surface area contributed by atoms with Crippen molar-refractivity contribution in [3.05, 3.63) is 70.9 Å². The summed E-state index contributed by atoms with van der Waals surface area (Å²) in [4.78, 5) is 28.3. The number of hydrogen-bond donors (Lipinski definition) is 1. The Morgan fingerprint density at radius 1 is 1.13 bits per heavy atom. The van der Waals surface area contributed by atoms with Crippen LogP contribution in [0.15, 0.2) is 48.5 Å². The van der Waals surface area contributed by atoms with Crippen LogP contribution in [0.25, 0.3) is 5.69 Å². The number of para-hydroxylation sites is 1. The van der Waals surface area contributed by atoms with Gasteiger partial charge in [0.1, 0.15) is 18.1 Å². The zero-order valence-corrected chi connectivity index (χ0v) is 24.0. The molecule has 0 aliphatic carbocycles. The van der Waals surface area contributed by atoms with Crippen molar-refractivity contribution in [3.63, 3.8) is 0 Å². The number of hydrogen-bond acceptors (Lipinski definition) is 5. The van der Waals surface area contributed by atoms with Gasteiger partial charge in [0.05, 0.1) is 29.5 Å². The lowest BCUT2D eigenvalue weighted by molar-refractivity contribution is -0.122. The molecule has 2 heterocycles. The molecule has 1 N–H and O–H groups in total. The lowest BCUT2D eigenvalue weighted by Crippen LogP contribution is -2.42. The second kappa shape index (κ2) is 11.6. The van der Waals surface area contributed by atoms with Gasteiger partial charge in [0.2, 0.25) is 11.8 Å². The summed E-state index contributed by atoms with van der Waals surface area (Å²) in [5.74, 6) is 1.44. The van der Waals surface area contributed by atoms with Gasteiger partial charge in [-0.1, -0.05) is 65.0 Å². The number of benzene rings is 2. The van der Waals surface area contributed by atoms with Gasteiger partial charge in [0.15, 0.2) is 0 Å². The van der Waals surface area contributed by atoms with E-state index in [2.05, 4.69) is 51.2 Å². The Balaban J connectivity index is 2.01. The summed E-state index contributed by atoms with van der Waals surface area (Å²) in [6.07, 6.45) is 1.65. The van der Waals surface area contributed by atoms with Gasteiger partial charge in [0, 0.05) is 17.5 Å². The first-order valence-electron chi connectivity index (χ1n) is 13.2. The molecule has 1 aliphatic rings. The maximum absolute atomic E-state index is 13.7. The van der Waals surface area contributed by atoms with Crippen molar-refractivity contribution >= 4 is 29.4 Å². The maximum Gasteiger partial charge on any atom is 0.240 e. The smallest absolute Gasteiger partial charge is 0.240 e. The van der Waals surface area contributed by atoms with Crippen molar-refractivity contribution in [3.8, 4) is 11.4 Å². The molecule has 7 nitrogen and oxygen atoms in total. The Bertz CT molecular complexity index is 1290. The Morgan fingerprint density at radius 3 is 2.47 bits per heavy atom. The van der Waals surface area contributed by atoms with E-state index >= 15 is 0 Å². The predicted octanol–water partition coefficient (Wildman–Crippen LogP) is 5.44. The monoisotopic (exact) mass is 534 g/mol. The molecule has 1 aliphatic heterocycles. The van der Waals surface area contributed by atoms with Crippen LogP contribution in [-0.4, -0.2) is 47.5 Å². The summed E-state index contributed by atoms with van der Waals surface area (Å²) in [6.45, 7) is 11.1. The van der Waals surface area contributed by atoms with Crippen molar-refractivity contribution < 1.29 is 14.3 Å². The van der Waals surface area contributed by atoms with Gasteiger partial charge in [-0.3, -0.25) is 14.5 Å². The molecule has 0 unspecified atom stereocenters. The van der Waals surface area contributed by atoms with E-state index in [9.17, 15) is 9.59 Å². The summed E-state index contributed by atoms with van der Waals surface area (Å²) in [7, 11) is 1.65. The average Bonchev–Trinajstić information content (AvgIpc) is 3.25. The fourth-order valence-corrected chi connectivity index (χ4v) is 5.96. The van der Waals surface area contributed by atoms with Crippen molar-refractivity contribution in [2.75, 3.05) is 30.9 Å². The van der Waals surface area contributed by atoms with Crippen LogP contribution in [-0.2, 0) is 21.4 Å². The first kappa shape index (κ1) is 27.8. The van der Waals surface area contributed by atoms with E-state index in [1.54, 1.807) is 23.8 Å². The normalized spacial score (nSPS) is 15.7. The van der Waals surface area contributed by atoms with Crippen molar-refractivity contribution in [2.45, 2.75) is 58.1 Å². The fraction of sp³-hybridized carbons (Fsp3) is 0.433. The molecule has 0 fully saturated rings. The van der Waals surface area contributed by atoms with Crippen LogP contribution >= 0.6 is 11.8 Å². The van der Waals surface area contributed by atoms with E-state index in [4.69, 9.17) is 9.84 Å². The summed E-state index contributed by atoms with van der Waals surface area (Å²) >= 11 is 1.58. The number of nitrogens with one attached hydrogen (secondary N) is 1. The number of carbonyl (C=O) groups is 2. The molecule has 4 rings (SSSR count). The Morgan fingerprint density at radius 2 is 1.84 bits per heavy atom. The summed E-state index contributed by atoms with van der Waals surface area (Å²) in [6, 6.07) is 16.2. The average molecular weight is 535 g/mol. The summed E-state index contributed by atoms with van der Waals surface area (Å²) < 4.78 is 7.30. The number of nitrogens with zero attached hydrogens (tertiary/aromatic N) is 3. The molecule has 0 spiro atoms. The van der Waals surface area contributed by atoms with Gasteiger partial charge in [-0.05, 0) is 42.2 Å². The van der Waals surface area contributed by atoms with Crippen molar-refractivity contribution in [2.24, 2.45) is 0 Å². The number of ether oxygens (including phenoxy) is 1. The van der Waals surface area contributed by atoms with Crippen molar-refractivity contribution in [1.29, 1.82) is 0 Å². The van der Waals surface area contributed by atoms with E-state index in [1.165, 1.54) is 0 Å². The molecule has 0 bridgehead atoms. The maximum atomic E-state index is 13.7. The van der Waals surface area contributed by atoms with Crippen LogP contribution < -0.4 is 15.0 Å². The number of carbonyl (C=O) groups excluding carboxylic acids is 2. The highest BCUT2D eigenvalue weighted by atomic mass is 32.2. The van der Waals surface area contributed by atoms with Crippen LogP contribution in [0.2, 0.25) is 0 Å². The zero-order chi connectivity index (χ0) is 27.4. The molecule has 1 aromatic heterocycles. The molecular formula is C30H38N4O3S. The Kier molecular flexibility index (Phi) is 8.51. The standard InChI is InChI=1S/C30H38N4O3S/c1-7-17-31-24(35)18-33-25(36)19-38-27(21-13-15-22(37-6)16-14-21)26-28(30(3,4)5)32-34(29(26)33)23-12-10-9-11-20(23)8-2/h9-16,27H,7-8,17-19H2,1-6H3,(H,31,35)/t27-/m0/s1. The van der Waals surface area contributed by atoms with Gasteiger partial charge in [-0.25, -0.2) is 4.68 Å². The lowest BCUT2D eigenvalue weighted by Gasteiger charge is -2.25. The third-order valence-corrected chi connectivity index (χ3v) is 7.95. The Hall–Kier alpha value is -3.26. The molecule has 0 radical (unpaired) electrons. The van der Waals surface area contributed by atoms with Crippen LogP contribution in [0.3, 0.4) is 0 Å². The fourth-order valence-electron chi connectivity index (χ4n) is 4.76. The summed E-state index contributed by atoms with van der Waals surface area (Å²) in [5, 5.41) is 8.00. The number of thioether (sulfide) groups is 1. The third kappa shape index (κ3) is 5.60. The second-order valence-corrected chi connectivity index (χ2v) is 11.6. The van der Waals surface area contributed by atoms with Gasteiger partial charge in [-0.2, -0.15) is 5.10 Å². The minimum absolute atomic E-state index is 0.0503. The minimum Gasteiger partial charge on any atom is -0.497 e.